The molecule has 0 N–H and O–H groups in total. The first-order valence-corrected chi connectivity index (χ1v) is 9.66. The number of rotatable bonds is 6. The first-order valence-electron chi connectivity index (χ1n) is 9.66. The number of anilines is 2. The Morgan fingerprint density at radius 3 is 1.96 bits per heavy atom. The van der Waals surface area contributed by atoms with Gasteiger partial charge in [-0.25, -0.2) is 0 Å². The van der Waals surface area contributed by atoms with Crippen molar-refractivity contribution in [2.45, 2.75) is 52.5 Å². The Labute approximate surface area is 152 Å². The summed E-state index contributed by atoms with van der Waals surface area (Å²) in [6, 6.07) is 22.2. The Morgan fingerprint density at radius 2 is 1.44 bits per heavy atom. The van der Waals surface area contributed by atoms with E-state index in [2.05, 4.69) is 91.2 Å². The monoisotopic (exact) mass is 334 g/mol. The molecule has 1 atom stereocenters. The second-order valence-electron chi connectivity index (χ2n) is 6.71. The van der Waals surface area contributed by atoms with Gasteiger partial charge in [0.2, 0.25) is 0 Å². The maximum atomic E-state index is 2.58. The normalized spacial score (nSPS) is 18.0. The van der Waals surface area contributed by atoms with Crippen LogP contribution in [-0.4, -0.2) is 12.7 Å². The molecule has 0 spiro atoms. The molecular formula is C23H30N2. The second-order valence-corrected chi connectivity index (χ2v) is 6.71. The van der Waals surface area contributed by atoms with E-state index in [1.54, 1.807) is 5.57 Å². The van der Waals surface area contributed by atoms with E-state index in [0.717, 1.165) is 19.5 Å². The van der Waals surface area contributed by atoms with Crippen LogP contribution in [0.5, 0.6) is 0 Å². The lowest BCUT2D eigenvalue weighted by atomic mass is 9.92. The fourth-order valence-electron chi connectivity index (χ4n) is 4.08. The molecule has 2 nitrogen and oxygen atoms in total. The molecule has 2 heteroatoms. The molecule has 3 rings (SSSR count). The topological polar surface area (TPSA) is 6.48 Å². The zero-order valence-electron chi connectivity index (χ0n) is 15.8. The predicted octanol–water partition coefficient (Wildman–Crippen LogP) is 6.21. The van der Waals surface area contributed by atoms with Gasteiger partial charge in [0.25, 0.3) is 0 Å². The van der Waals surface area contributed by atoms with Crippen LogP contribution in [0.25, 0.3) is 0 Å². The van der Waals surface area contributed by atoms with Gasteiger partial charge in [0.15, 0.2) is 0 Å². The smallest absolute Gasteiger partial charge is 0.0954 e. The molecule has 2 aromatic carbocycles. The molecule has 0 aromatic heterocycles. The molecule has 1 heterocycles. The molecule has 1 aliphatic heterocycles. The summed E-state index contributed by atoms with van der Waals surface area (Å²) in [4.78, 5) is 5.10. The summed E-state index contributed by atoms with van der Waals surface area (Å²) in [7, 11) is 0. The van der Waals surface area contributed by atoms with Crippen LogP contribution in [0.15, 0.2) is 71.9 Å². The van der Waals surface area contributed by atoms with Crippen LogP contribution in [0.1, 0.15) is 46.5 Å². The maximum Gasteiger partial charge on any atom is 0.0954 e. The maximum absolute atomic E-state index is 2.58. The van der Waals surface area contributed by atoms with Crippen molar-refractivity contribution in [1.82, 2.24) is 0 Å². The minimum Gasteiger partial charge on any atom is -0.347 e. The van der Waals surface area contributed by atoms with E-state index in [9.17, 15) is 0 Å². The highest BCUT2D eigenvalue weighted by atomic mass is 15.4. The predicted molar refractivity (Wildman–Crippen MR) is 109 cm³/mol. The number of hydrogen-bond acceptors (Lipinski definition) is 2. The van der Waals surface area contributed by atoms with Crippen molar-refractivity contribution in [2.24, 2.45) is 0 Å². The Balaban J connectivity index is 2.10. The average Bonchev–Trinajstić information content (AvgIpc) is 2.68. The third kappa shape index (κ3) is 3.58. The number of nitrogens with zero attached hydrogens (tertiary/aromatic N) is 2. The van der Waals surface area contributed by atoms with Gasteiger partial charge in [-0.05, 0) is 49.1 Å². The lowest BCUT2D eigenvalue weighted by Gasteiger charge is -2.46. The van der Waals surface area contributed by atoms with Crippen molar-refractivity contribution < 1.29 is 0 Å². The van der Waals surface area contributed by atoms with Gasteiger partial charge in [-0.1, -0.05) is 63.6 Å². The van der Waals surface area contributed by atoms with Gasteiger partial charge in [0, 0.05) is 17.1 Å². The van der Waals surface area contributed by atoms with Gasteiger partial charge >= 0.3 is 0 Å². The van der Waals surface area contributed by atoms with Gasteiger partial charge in [-0.15, -0.1) is 0 Å². The first-order chi connectivity index (χ1) is 12.3. The summed E-state index contributed by atoms with van der Waals surface area (Å²) >= 11 is 0. The van der Waals surface area contributed by atoms with Gasteiger partial charge in [-0.2, -0.15) is 0 Å². The molecule has 0 radical (unpaired) electrons. The Kier molecular flexibility index (Phi) is 5.80. The number of para-hydroxylation sites is 2. The van der Waals surface area contributed by atoms with Crippen molar-refractivity contribution in [3.05, 3.63) is 71.9 Å². The third-order valence-electron chi connectivity index (χ3n) is 5.17. The van der Waals surface area contributed by atoms with Crippen LogP contribution in [0, 0.1) is 0 Å². The summed E-state index contributed by atoms with van der Waals surface area (Å²) < 4.78 is 0. The van der Waals surface area contributed by atoms with Gasteiger partial charge in [-0.3, -0.25) is 0 Å². The second kappa shape index (κ2) is 8.24. The highest BCUT2D eigenvalue weighted by Crippen LogP contribution is 2.36. The number of allylic oxidation sites excluding steroid dienone is 1. The zero-order chi connectivity index (χ0) is 17.6. The summed E-state index contributed by atoms with van der Waals surface area (Å²) in [6.45, 7) is 7.83. The van der Waals surface area contributed by atoms with E-state index in [0.29, 0.717) is 6.04 Å². The lowest BCUT2D eigenvalue weighted by Crippen LogP contribution is -2.50. The highest BCUT2D eigenvalue weighted by Gasteiger charge is 2.32. The van der Waals surface area contributed by atoms with Crippen LogP contribution in [0.2, 0.25) is 0 Å². The molecule has 0 bridgehead atoms. The molecule has 0 fully saturated rings. The van der Waals surface area contributed by atoms with E-state index >= 15 is 0 Å². The van der Waals surface area contributed by atoms with Crippen molar-refractivity contribution in [3.63, 3.8) is 0 Å². The fourth-order valence-corrected chi connectivity index (χ4v) is 4.08. The van der Waals surface area contributed by atoms with E-state index in [4.69, 9.17) is 0 Å². The van der Waals surface area contributed by atoms with E-state index in [-0.39, 0.29) is 0 Å². The van der Waals surface area contributed by atoms with Crippen LogP contribution < -0.4 is 9.80 Å². The van der Waals surface area contributed by atoms with Gasteiger partial charge < -0.3 is 9.80 Å². The van der Waals surface area contributed by atoms with E-state index < -0.39 is 0 Å². The van der Waals surface area contributed by atoms with E-state index in [1.807, 2.05) is 0 Å². The average molecular weight is 335 g/mol. The summed E-state index contributed by atoms with van der Waals surface area (Å²) in [5.41, 5.74) is 5.75. The minimum atomic E-state index is 0.497. The van der Waals surface area contributed by atoms with Crippen molar-refractivity contribution in [2.75, 3.05) is 16.5 Å². The van der Waals surface area contributed by atoms with Crippen molar-refractivity contribution in [1.29, 1.82) is 0 Å². The first kappa shape index (κ1) is 17.6. The van der Waals surface area contributed by atoms with Crippen molar-refractivity contribution >= 4 is 11.4 Å². The van der Waals surface area contributed by atoms with Crippen molar-refractivity contribution in [3.8, 4) is 0 Å². The summed E-state index contributed by atoms with van der Waals surface area (Å²) in [5.74, 6) is 0. The number of hydrogen-bond donors (Lipinski definition) is 0. The fraction of sp³-hybridized carbons (Fsp3) is 0.391. The summed E-state index contributed by atoms with van der Waals surface area (Å²) in [5, 5.41) is 0. The largest absolute Gasteiger partial charge is 0.347 e. The standard InChI is InChI=1S/C23H30N2/c1-4-13-21-22(5-2)24(19-14-9-7-10-15-19)18-25(23(21)6-3)20-16-11-8-12-17-20/h7-12,14-17,22H,4-6,13,18H2,1-3H3. The molecule has 25 heavy (non-hydrogen) atoms. The zero-order valence-corrected chi connectivity index (χ0v) is 15.8. The summed E-state index contributed by atoms with van der Waals surface area (Å²) in [6.07, 6.45) is 4.61. The molecule has 0 saturated heterocycles. The molecule has 0 saturated carbocycles. The molecule has 1 aliphatic rings. The Hall–Kier alpha value is -2.22. The molecule has 0 aliphatic carbocycles. The lowest BCUT2D eigenvalue weighted by molar-refractivity contribution is 0.561. The van der Waals surface area contributed by atoms with E-state index in [1.165, 1.54) is 29.9 Å². The van der Waals surface area contributed by atoms with Gasteiger partial charge in [0.1, 0.15) is 0 Å². The quantitative estimate of drug-likeness (QED) is 0.619. The third-order valence-corrected chi connectivity index (χ3v) is 5.17. The van der Waals surface area contributed by atoms with Gasteiger partial charge in [0.05, 0.1) is 12.7 Å². The van der Waals surface area contributed by atoms with Crippen LogP contribution in [-0.2, 0) is 0 Å². The molecule has 132 valence electrons. The van der Waals surface area contributed by atoms with Crippen LogP contribution in [0.3, 0.4) is 0 Å². The molecule has 1 unspecified atom stereocenters. The Morgan fingerprint density at radius 1 is 0.840 bits per heavy atom. The molecule has 2 aromatic rings. The minimum absolute atomic E-state index is 0.497. The highest BCUT2D eigenvalue weighted by molar-refractivity contribution is 5.61. The molecule has 0 amide bonds. The van der Waals surface area contributed by atoms with Crippen LogP contribution in [0.4, 0.5) is 11.4 Å². The number of benzene rings is 2. The Bertz CT molecular complexity index is 691. The molecular weight excluding hydrogens is 304 g/mol. The SMILES string of the molecule is CCCC1=C(CC)N(c2ccccc2)CN(c2ccccc2)C1CC. The van der Waals surface area contributed by atoms with Crippen LogP contribution >= 0.6 is 0 Å².